The summed E-state index contributed by atoms with van der Waals surface area (Å²) < 4.78 is 12.5. The summed E-state index contributed by atoms with van der Waals surface area (Å²) in [4.78, 5) is 13.0. The number of phenols is 1. The second-order valence-corrected chi connectivity index (χ2v) is 8.92. The van der Waals surface area contributed by atoms with Gasteiger partial charge in [-0.25, -0.2) is 0 Å². The first-order valence-electron chi connectivity index (χ1n) is 11.1. The fraction of sp³-hybridized carbons (Fsp3) is 0.0690. The van der Waals surface area contributed by atoms with Crippen LogP contribution in [0.5, 0.6) is 11.5 Å². The molecule has 4 aromatic carbocycles. The summed E-state index contributed by atoms with van der Waals surface area (Å²) >= 11 is 3.57. The third-order valence-electron chi connectivity index (χ3n) is 5.75. The van der Waals surface area contributed by atoms with Crippen molar-refractivity contribution in [3.05, 3.63) is 135 Å². The first kappa shape index (κ1) is 22.7. The average molecular weight is 528 g/mol. The Balaban J connectivity index is 1.56. The Morgan fingerprint density at radius 2 is 1.66 bits per heavy atom. The van der Waals surface area contributed by atoms with Gasteiger partial charge < -0.3 is 19.6 Å². The zero-order valence-electron chi connectivity index (χ0n) is 18.6. The number of fused-ring (bicyclic) bond motifs is 1. The topological polar surface area (TPSA) is 71.7 Å². The van der Waals surface area contributed by atoms with E-state index in [4.69, 9.17) is 9.15 Å². The maximum atomic E-state index is 13.0. The fourth-order valence-electron chi connectivity index (χ4n) is 4.01. The van der Waals surface area contributed by atoms with Crippen molar-refractivity contribution in [1.82, 2.24) is 0 Å². The third-order valence-corrected chi connectivity index (χ3v) is 6.44. The maximum Gasteiger partial charge on any atom is 0.227 e. The van der Waals surface area contributed by atoms with Crippen LogP contribution in [0.25, 0.3) is 10.8 Å². The van der Waals surface area contributed by atoms with E-state index in [1.807, 2.05) is 84.9 Å². The molecule has 0 bridgehead atoms. The molecule has 0 aliphatic heterocycles. The van der Waals surface area contributed by atoms with E-state index in [0.717, 1.165) is 26.5 Å². The van der Waals surface area contributed by atoms with E-state index in [1.165, 1.54) is 12.3 Å². The highest BCUT2D eigenvalue weighted by Gasteiger charge is 2.24. The number of anilines is 1. The van der Waals surface area contributed by atoms with E-state index in [-0.39, 0.29) is 23.5 Å². The molecule has 1 atom stereocenters. The van der Waals surface area contributed by atoms with Crippen LogP contribution in [0.2, 0.25) is 0 Å². The van der Waals surface area contributed by atoms with E-state index >= 15 is 0 Å². The molecule has 0 radical (unpaired) electrons. The van der Waals surface area contributed by atoms with Crippen molar-refractivity contribution >= 4 is 32.4 Å². The summed E-state index contributed by atoms with van der Waals surface area (Å²) in [6, 6.07) is 29.3. The van der Waals surface area contributed by atoms with Crippen molar-refractivity contribution in [3.63, 3.8) is 0 Å². The first-order valence-corrected chi connectivity index (χ1v) is 11.9. The molecule has 1 aromatic heterocycles. The Bertz CT molecular complexity index is 1530. The van der Waals surface area contributed by atoms with Crippen LogP contribution < -0.4 is 15.5 Å². The third kappa shape index (κ3) is 4.93. The van der Waals surface area contributed by atoms with Gasteiger partial charge in [0.2, 0.25) is 11.2 Å². The molecule has 174 valence electrons. The minimum Gasteiger partial charge on any atom is -0.508 e. The zero-order chi connectivity index (χ0) is 24.2. The van der Waals surface area contributed by atoms with Crippen LogP contribution in [-0.4, -0.2) is 5.11 Å². The molecular weight excluding hydrogens is 506 g/mol. The van der Waals surface area contributed by atoms with Crippen LogP contribution in [0.1, 0.15) is 22.9 Å². The van der Waals surface area contributed by atoms with Gasteiger partial charge in [0, 0.05) is 21.8 Å². The molecule has 35 heavy (non-hydrogen) atoms. The molecule has 0 aliphatic rings. The summed E-state index contributed by atoms with van der Waals surface area (Å²) in [6.45, 7) is 0.258. The number of halogens is 1. The molecule has 0 saturated heterocycles. The zero-order valence-corrected chi connectivity index (χ0v) is 20.2. The van der Waals surface area contributed by atoms with Gasteiger partial charge in [-0.2, -0.15) is 0 Å². The normalized spacial score (nSPS) is 11.8. The highest BCUT2D eigenvalue weighted by atomic mass is 79.9. The molecule has 2 N–H and O–H groups in total. The van der Waals surface area contributed by atoms with Crippen LogP contribution in [-0.2, 0) is 6.61 Å². The summed E-state index contributed by atoms with van der Waals surface area (Å²) in [5.74, 6) is 0.573. The van der Waals surface area contributed by atoms with Crippen molar-refractivity contribution in [2.75, 3.05) is 5.32 Å². The number of rotatable bonds is 7. The maximum absolute atomic E-state index is 13.0. The molecule has 0 aliphatic carbocycles. The second-order valence-electron chi connectivity index (χ2n) is 8.06. The summed E-state index contributed by atoms with van der Waals surface area (Å²) in [6.07, 6.45) is 1.33. The predicted octanol–water partition coefficient (Wildman–Crippen LogP) is 7.04. The molecule has 1 unspecified atom stereocenters. The van der Waals surface area contributed by atoms with Crippen molar-refractivity contribution in [1.29, 1.82) is 0 Å². The lowest BCUT2D eigenvalue weighted by atomic mass is 9.95. The van der Waals surface area contributed by atoms with Gasteiger partial charge in [0.1, 0.15) is 30.4 Å². The average Bonchev–Trinajstić information content (AvgIpc) is 2.88. The van der Waals surface area contributed by atoms with Crippen LogP contribution >= 0.6 is 15.9 Å². The van der Waals surface area contributed by atoms with Crippen LogP contribution in [0.15, 0.2) is 117 Å². The lowest BCUT2D eigenvalue weighted by Gasteiger charge is -2.23. The Morgan fingerprint density at radius 1 is 0.914 bits per heavy atom. The highest BCUT2D eigenvalue weighted by Crippen LogP contribution is 2.39. The standard InChI is InChI=1S/C29H22BrNO4/c30-22-12-6-7-13-23(22)31-29(28-21-11-5-4-10-20(21)14-15-24(28)32)26-16-25(33)27(18-35-26)34-17-19-8-2-1-3-9-19/h1-16,18,29,31-32H,17H2. The van der Waals surface area contributed by atoms with E-state index in [9.17, 15) is 9.90 Å². The Morgan fingerprint density at radius 3 is 2.46 bits per heavy atom. The summed E-state index contributed by atoms with van der Waals surface area (Å²) in [7, 11) is 0. The second kappa shape index (κ2) is 10.1. The Hall–Kier alpha value is -4.03. The van der Waals surface area contributed by atoms with Gasteiger partial charge in [-0.3, -0.25) is 4.79 Å². The van der Waals surface area contributed by atoms with Crippen molar-refractivity contribution in [2.24, 2.45) is 0 Å². The molecule has 0 saturated carbocycles. The minimum atomic E-state index is -0.643. The molecule has 0 spiro atoms. The highest BCUT2D eigenvalue weighted by molar-refractivity contribution is 9.10. The number of hydrogen-bond acceptors (Lipinski definition) is 5. The molecule has 0 fully saturated rings. The summed E-state index contributed by atoms with van der Waals surface area (Å²) in [5, 5.41) is 16.2. The number of para-hydroxylation sites is 1. The SMILES string of the molecule is O=c1cc(C(Nc2ccccc2Br)c2c(O)ccc3ccccc23)occ1OCc1ccccc1. The Kier molecular flexibility index (Phi) is 6.55. The van der Waals surface area contributed by atoms with Gasteiger partial charge >= 0.3 is 0 Å². The van der Waals surface area contributed by atoms with Crippen molar-refractivity contribution in [3.8, 4) is 11.5 Å². The smallest absolute Gasteiger partial charge is 0.227 e. The number of benzene rings is 4. The number of phenolic OH excluding ortho intramolecular Hbond substituents is 1. The number of nitrogens with one attached hydrogen (secondary N) is 1. The molecule has 5 nitrogen and oxygen atoms in total. The van der Waals surface area contributed by atoms with Crippen LogP contribution in [0.3, 0.4) is 0 Å². The van der Waals surface area contributed by atoms with E-state index in [0.29, 0.717) is 11.3 Å². The van der Waals surface area contributed by atoms with E-state index in [2.05, 4.69) is 21.2 Å². The number of hydrogen-bond donors (Lipinski definition) is 2. The quantitative estimate of drug-likeness (QED) is 0.237. The van der Waals surface area contributed by atoms with Gasteiger partial charge in [-0.15, -0.1) is 0 Å². The van der Waals surface area contributed by atoms with E-state index < -0.39 is 6.04 Å². The first-order chi connectivity index (χ1) is 17.1. The molecule has 5 rings (SSSR count). The largest absolute Gasteiger partial charge is 0.508 e. The monoisotopic (exact) mass is 527 g/mol. The number of ether oxygens (including phenoxy) is 1. The van der Waals surface area contributed by atoms with Gasteiger partial charge in [-0.1, -0.05) is 72.8 Å². The van der Waals surface area contributed by atoms with Gasteiger partial charge in [0.25, 0.3) is 0 Å². The molecule has 0 amide bonds. The minimum absolute atomic E-state index is 0.0975. The number of aromatic hydroxyl groups is 1. The molecule has 1 heterocycles. The predicted molar refractivity (Wildman–Crippen MR) is 141 cm³/mol. The van der Waals surface area contributed by atoms with E-state index in [1.54, 1.807) is 6.07 Å². The Labute approximate surface area is 210 Å². The lowest BCUT2D eigenvalue weighted by Crippen LogP contribution is -2.16. The molecule has 6 heteroatoms. The van der Waals surface area contributed by atoms with Gasteiger partial charge in [-0.05, 0) is 50.5 Å². The van der Waals surface area contributed by atoms with Gasteiger partial charge in [0.15, 0.2) is 0 Å². The lowest BCUT2D eigenvalue weighted by molar-refractivity contribution is 0.289. The molecular formula is C29H22BrNO4. The van der Waals surface area contributed by atoms with Crippen molar-refractivity contribution in [2.45, 2.75) is 12.6 Å². The van der Waals surface area contributed by atoms with Crippen LogP contribution in [0, 0.1) is 0 Å². The summed E-state index contributed by atoms with van der Waals surface area (Å²) in [5.41, 5.74) is 2.04. The van der Waals surface area contributed by atoms with Crippen molar-refractivity contribution < 1.29 is 14.3 Å². The fourth-order valence-corrected chi connectivity index (χ4v) is 4.41. The van der Waals surface area contributed by atoms with Crippen LogP contribution in [0.4, 0.5) is 5.69 Å². The van der Waals surface area contributed by atoms with Gasteiger partial charge in [0.05, 0.1) is 0 Å². The molecule has 5 aromatic rings.